The van der Waals surface area contributed by atoms with E-state index in [2.05, 4.69) is 6.58 Å². The van der Waals surface area contributed by atoms with E-state index < -0.39 is 18.2 Å². The lowest BCUT2D eigenvalue weighted by Crippen LogP contribution is -2.28. The van der Waals surface area contributed by atoms with E-state index in [1.165, 1.54) is 13.2 Å². The highest BCUT2D eigenvalue weighted by molar-refractivity contribution is 5.89. The van der Waals surface area contributed by atoms with Gasteiger partial charge in [-0.25, -0.2) is 9.59 Å². The van der Waals surface area contributed by atoms with E-state index in [4.69, 9.17) is 24.1 Å². The summed E-state index contributed by atoms with van der Waals surface area (Å²) in [4.78, 5) is 23.8. The van der Waals surface area contributed by atoms with Gasteiger partial charge in [-0.05, 0) is 36.6 Å². The van der Waals surface area contributed by atoms with Crippen LogP contribution in [0.5, 0.6) is 0 Å². The van der Waals surface area contributed by atoms with Gasteiger partial charge in [0, 0.05) is 18.9 Å². The highest BCUT2D eigenvalue weighted by Crippen LogP contribution is 2.32. The zero-order chi connectivity index (χ0) is 20.4. The summed E-state index contributed by atoms with van der Waals surface area (Å²) in [6.07, 6.45) is 4.40. The van der Waals surface area contributed by atoms with Crippen molar-refractivity contribution < 1.29 is 33.6 Å². The first-order chi connectivity index (χ1) is 13.6. The summed E-state index contributed by atoms with van der Waals surface area (Å²) in [7, 11) is 1.33. The van der Waals surface area contributed by atoms with E-state index in [1.54, 1.807) is 18.2 Å². The number of ether oxygens (including phenoxy) is 4. The summed E-state index contributed by atoms with van der Waals surface area (Å²) in [5.41, 5.74) is 1.36. The highest BCUT2D eigenvalue weighted by atomic mass is 16.7. The number of methoxy groups -OCH3 is 1. The maximum atomic E-state index is 12.2. The molecule has 1 aliphatic rings. The average Bonchev–Trinajstić information content (AvgIpc) is 2.74. The molecular weight excluding hydrogens is 364 g/mol. The van der Waals surface area contributed by atoms with Crippen molar-refractivity contribution >= 4 is 11.9 Å². The van der Waals surface area contributed by atoms with E-state index in [1.807, 2.05) is 12.1 Å². The average molecular weight is 390 g/mol. The van der Waals surface area contributed by atoms with Crippen molar-refractivity contribution in [3.8, 4) is 0 Å². The molecule has 0 aromatic heterocycles. The fourth-order valence-corrected chi connectivity index (χ4v) is 2.76. The monoisotopic (exact) mass is 390 g/mol. The summed E-state index contributed by atoms with van der Waals surface area (Å²) in [6.45, 7) is 4.12. The van der Waals surface area contributed by atoms with Gasteiger partial charge in [-0.2, -0.15) is 0 Å². The third kappa shape index (κ3) is 6.21. The molecule has 7 heteroatoms. The molecule has 2 unspecified atom stereocenters. The molecule has 0 saturated carbocycles. The third-order valence-electron chi connectivity index (χ3n) is 4.21. The van der Waals surface area contributed by atoms with Gasteiger partial charge in [-0.3, -0.25) is 0 Å². The van der Waals surface area contributed by atoms with Crippen LogP contribution in [-0.2, 0) is 23.7 Å². The molecule has 2 rings (SSSR count). The van der Waals surface area contributed by atoms with Gasteiger partial charge in [0.15, 0.2) is 0 Å². The molecule has 0 spiro atoms. The van der Waals surface area contributed by atoms with E-state index in [0.717, 1.165) is 5.56 Å². The smallest absolute Gasteiger partial charge is 0.373 e. The van der Waals surface area contributed by atoms with Crippen LogP contribution < -0.4 is 0 Å². The number of unbranched alkanes of at least 4 members (excludes halogenated alkanes) is 1. The Hall–Kier alpha value is -2.64. The first-order valence-electron chi connectivity index (χ1n) is 9.16. The van der Waals surface area contributed by atoms with Crippen LogP contribution in [0.25, 0.3) is 0 Å². The molecule has 2 atom stereocenters. The van der Waals surface area contributed by atoms with Crippen LogP contribution in [0.15, 0.2) is 48.8 Å². The highest BCUT2D eigenvalue weighted by Gasteiger charge is 2.29. The van der Waals surface area contributed by atoms with Crippen LogP contribution in [0.1, 0.15) is 41.1 Å². The largest absolute Gasteiger partial charge is 0.465 e. The van der Waals surface area contributed by atoms with Crippen LogP contribution in [-0.4, -0.2) is 50.3 Å². The predicted molar refractivity (Wildman–Crippen MR) is 102 cm³/mol. The molecule has 1 aromatic carbocycles. The van der Waals surface area contributed by atoms with E-state index in [0.29, 0.717) is 31.4 Å². The minimum Gasteiger partial charge on any atom is -0.465 e. The molecule has 0 bridgehead atoms. The van der Waals surface area contributed by atoms with Crippen LogP contribution in [0.4, 0.5) is 0 Å². The van der Waals surface area contributed by atoms with Crippen molar-refractivity contribution in [2.24, 2.45) is 0 Å². The maximum Gasteiger partial charge on any atom is 0.373 e. The second kappa shape index (κ2) is 11.3. The number of hydrogen-bond donors (Lipinski definition) is 1. The van der Waals surface area contributed by atoms with E-state index >= 15 is 0 Å². The minimum atomic E-state index is -0.611. The van der Waals surface area contributed by atoms with Crippen LogP contribution in [0, 0.1) is 0 Å². The molecule has 152 valence electrons. The summed E-state index contributed by atoms with van der Waals surface area (Å²) < 4.78 is 21.2. The molecule has 0 saturated heterocycles. The Morgan fingerprint density at radius 3 is 2.64 bits per heavy atom. The SMILES string of the molecule is C=CCOC(=O)C1=CC(c2ccc(C(=O)OC)cc2)CC(OCCCCO)O1. The topological polar surface area (TPSA) is 91.3 Å². The Bertz CT molecular complexity index is 693. The van der Waals surface area contributed by atoms with Crippen molar-refractivity contribution in [3.63, 3.8) is 0 Å². The summed E-state index contributed by atoms with van der Waals surface area (Å²) in [6, 6.07) is 6.98. The summed E-state index contributed by atoms with van der Waals surface area (Å²) in [5, 5.41) is 8.87. The number of hydrogen-bond acceptors (Lipinski definition) is 7. The lowest BCUT2D eigenvalue weighted by Gasteiger charge is -2.29. The number of carbonyl (C=O) groups excluding carboxylic acids is 2. The molecular formula is C21H26O7. The minimum absolute atomic E-state index is 0.0834. The molecule has 7 nitrogen and oxygen atoms in total. The number of aliphatic hydroxyl groups excluding tert-OH is 1. The predicted octanol–water partition coefficient (Wildman–Crippen LogP) is 2.71. The standard InChI is InChI=1S/C21H26O7/c1-3-11-27-21(24)18-13-17(14-19(28-18)26-12-5-4-10-22)15-6-8-16(9-7-15)20(23)25-2/h3,6-9,13,17,19,22H,1,4-5,10-12,14H2,2H3. The van der Waals surface area contributed by atoms with E-state index in [9.17, 15) is 9.59 Å². The van der Waals surface area contributed by atoms with Gasteiger partial charge in [0.1, 0.15) is 6.61 Å². The van der Waals surface area contributed by atoms with Gasteiger partial charge in [-0.1, -0.05) is 24.8 Å². The first-order valence-corrected chi connectivity index (χ1v) is 9.16. The zero-order valence-corrected chi connectivity index (χ0v) is 16.0. The Balaban J connectivity index is 2.15. The van der Waals surface area contributed by atoms with Crippen molar-refractivity contribution in [2.75, 3.05) is 26.9 Å². The van der Waals surface area contributed by atoms with Gasteiger partial charge in [0.25, 0.3) is 0 Å². The molecule has 1 aliphatic heterocycles. The first kappa shape index (κ1) is 21.7. The quantitative estimate of drug-likeness (QED) is 0.373. The lowest BCUT2D eigenvalue weighted by atomic mass is 9.92. The number of carbonyl (C=O) groups is 2. The second-order valence-corrected chi connectivity index (χ2v) is 6.22. The number of allylic oxidation sites excluding steroid dienone is 1. The van der Waals surface area contributed by atoms with Crippen molar-refractivity contribution in [1.82, 2.24) is 0 Å². The molecule has 1 heterocycles. The van der Waals surface area contributed by atoms with Crippen molar-refractivity contribution in [1.29, 1.82) is 0 Å². The Morgan fingerprint density at radius 2 is 2.00 bits per heavy atom. The van der Waals surface area contributed by atoms with Crippen LogP contribution >= 0.6 is 0 Å². The van der Waals surface area contributed by atoms with Gasteiger partial charge < -0.3 is 24.1 Å². The summed E-state index contributed by atoms with van der Waals surface area (Å²) >= 11 is 0. The molecule has 1 N–H and O–H groups in total. The lowest BCUT2D eigenvalue weighted by molar-refractivity contribution is -0.160. The molecule has 1 aromatic rings. The van der Waals surface area contributed by atoms with Gasteiger partial charge in [0.05, 0.1) is 19.3 Å². The van der Waals surface area contributed by atoms with Crippen molar-refractivity contribution in [2.45, 2.75) is 31.5 Å². The second-order valence-electron chi connectivity index (χ2n) is 6.22. The molecule has 0 fully saturated rings. The Kier molecular flexibility index (Phi) is 8.71. The fraction of sp³-hybridized carbons (Fsp3) is 0.429. The summed E-state index contributed by atoms with van der Waals surface area (Å²) in [5.74, 6) is -1.05. The van der Waals surface area contributed by atoms with Crippen LogP contribution in [0.3, 0.4) is 0 Å². The number of esters is 2. The molecule has 0 radical (unpaired) electrons. The Labute approximate surface area is 164 Å². The normalized spacial score (nSPS) is 18.6. The third-order valence-corrected chi connectivity index (χ3v) is 4.21. The number of rotatable bonds is 10. The number of aliphatic hydroxyl groups is 1. The van der Waals surface area contributed by atoms with Gasteiger partial charge in [-0.15, -0.1) is 0 Å². The molecule has 0 amide bonds. The van der Waals surface area contributed by atoms with Crippen LogP contribution in [0.2, 0.25) is 0 Å². The Morgan fingerprint density at radius 1 is 1.25 bits per heavy atom. The van der Waals surface area contributed by atoms with Gasteiger partial charge >= 0.3 is 11.9 Å². The van der Waals surface area contributed by atoms with Crippen molar-refractivity contribution in [3.05, 3.63) is 59.9 Å². The zero-order valence-electron chi connectivity index (χ0n) is 16.0. The number of benzene rings is 1. The fourth-order valence-electron chi connectivity index (χ4n) is 2.76. The molecule has 28 heavy (non-hydrogen) atoms. The maximum absolute atomic E-state index is 12.2. The van der Waals surface area contributed by atoms with E-state index in [-0.39, 0.29) is 24.9 Å². The molecule has 0 aliphatic carbocycles. The van der Waals surface area contributed by atoms with Gasteiger partial charge in [0.2, 0.25) is 12.0 Å².